The minimum atomic E-state index is 0.578. The molecular weight excluding hydrogens is 258 g/mol. The van der Waals surface area contributed by atoms with Gasteiger partial charge in [0.15, 0.2) is 0 Å². The van der Waals surface area contributed by atoms with E-state index in [1.165, 1.54) is 32.1 Å². The third-order valence-electron chi connectivity index (χ3n) is 3.74. The standard InChI is InChI=1S/C15H24ClN3/c1-3-7-12-9-5-6-10-19(12)15-11-13(16)17-14(18-15)8-4-2/h11-12H,3-10H2,1-2H3. The first-order valence-corrected chi connectivity index (χ1v) is 7.92. The van der Waals surface area contributed by atoms with Crippen molar-refractivity contribution in [1.29, 1.82) is 0 Å². The van der Waals surface area contributed by atoms with Gasteiger partial charge in [0.05, 0.1) is 0 Å². The smallest absolute Gasteiger partial charge is 0.134 e. The molecule has 0 radical (unpaired) electrons. The highest BCUT2D eigenvalue weighted by molar-refractivity contribution is 6.29. The van der Waals surface area contributed by atoms with Gasteiger partial charge in [0, 0.05) is 25.1 Å². The van der Waals surface area contributed by atoms with Gasteiger partial charge in [-0.25, -0.2) is 9.97 Å². The maximum absolute atomic E-state index is 6.15. The molecule has 4 heteroatoms. The summed E-state index contributed by atoms with van der Waals surface area (Å²) in [6.07, 6.45) is 8.29. The summed E-state index contributed by atoms with van der Waals surface area (Å²) in [5.41, 5.74) is 0. The summed E-state index contributed by atoms with van der Waals surface area (Å²) < 4.78 is 0. The molecule has 1 aliphatic heterocycles. The van der Waals surface area contributed by atoms with E-state index in [4.69, 9.17) is 16.6 Å². The zero-order valence-electron chi connectivity index (χ0n) is 12.0. The average molecular weight is 282 g/mol. The number of hydrogen-bond donors (Lipinski definition) is 0. The molecule has 2 heterocycles. The van der Waals surface area contributed by atoms with E-state index in [1.807, 2.05) is 6.07 Å². The zero-order chi connectivity index (χ0) is 13.7. The van der Waals surface area contributed by atoms with Crippen molar-refractivity contribution in [2.24, 2.45) is 0 Å². The van der Waals surface area contributed by atoms with Crippen molar-refractivity contribution in [2.75, 3.05) is 11.4 Å². The van der Waals surface area contributed by atoms with Crippen LogP contribution in [0.2, 0.25) is 5.15 Å². The molecule has 106 valence electrons. The van der Waals surface area contributed by atoms with Gasteiger partial charge < -0.3 is 4.90 Å². The minimum Gasteiger partial charge on any atom is -0.353 e. The molecule has 1 atom stereocenters. The molecule has 0 spiro atoms. The quantitative estimate of drug-likeness (QED) is 0.756. The molecule has 3 nitrogen and oxygen atoms in total. The van der Waals surface area contributed by atoms with Crippen LogP contribution in [0.4, 0.5) is 5.82 Å². The first-order valence-electron chi connectivity index (χ1n) is 7.54. The summed E-state index contributed by atoms with van der Waals surface area (Å²) in [4.78, 5) is 11.5. The Morgan fingerprint density at radius 1 is 1.26 bits per heavy atom. The Bertz CT molecular complexity index is 406. The molecule has 1 saturated heterocycles. The summed E-state index contributed by atoms with van der Waals surface area (Å²) in [7, 11) is 0. The lowest BCUT2D eigenvalue weighted by Gasteiger charge is -2.36. The van der Waals surface area contributed by atoms with E-state index in [2.05, 4.69) is 23.7 Å². The Labute approximate surface area is 121 Å². The molecule has 0 amide bonds. The zero-order valence-corrected chi connectivity index (χ0v) is 12.8. The second kappa shape index (κ2) is 7.09. The SMILES string of the molecule is CCCc1nc(Cl)cc(N2CCCCC2CCC)n1. The van der Waals surface area contributed by atoms with Crippen molar-refractivity contribution in [3.05, 3.63) is 17.0 Å². The number of piperidine rings is 1. The van der Waals surface area contributed by atoms with Gasteiger partial charge in [0.1, 0.15) is 16.8 Å². The Balaban J connectivity index is 2.22. The van der Waals surface area contributed by atoms with Gasteiger partial charge in [0.2, 0.25) is 0 Å². The van der Waals surface area contributed by atoms with E-state index in [-0.39, 0.29) is 0 Å². The summed E-state index contributed by atoms with van der Waals surface area (Å²) in [5, 5.41) is 0.578. The van der Waals surface area contributed by atoms with Crippen LogP contribution in [0, 0.1) is 0 Å². The number of anilines is 1. The van der Waals surface area contributed by atoms with E-state index in [0.717, 1.165) is 31.0 Å². The molecule has 0 bridgehead atoms. The topological polar surface area (TPSA) is 29.0 Å². The summed E-state index contributed by atoms with van der Waals surface area (Å²) >= 11 is 6.15. The van der Waals surface area contributed by atoms with Gasteiger partial charge in [0.25, 0.3) is 0 Å². The highest BCUT2D eigenvalue weighted by Crippen LogP contribution is 2.27. The monoisotopic (exact) mass is 281 g/mol. The van der Waals surface area contributed by atoms with E-state index < -0.39 is 0 Å². The van der Waals surface area contributed by atoms with E-state index in [0.29, 0.717) is 11.2 Å². The lowest BCUT2D eigenvalue weighted by Crippen LogP contribution is -2.40. The molecule has 1 fully saturated rings. The van der Waals surface area contributed by atoms with Crippen LogP contribution in [-0.2, 0) is 6.42 Å². The van der Waals surface area contributed by atoms with Gasteiger partial charge in [-0.1, -0.05) is 31.9 Å². The van der Waals surface area contributed by atoms with Crippen molar-refractivity contribution in [1.82, 2.24) is 9.97 Å². The van der Waals surface area contributed by atoms with Crippen LogP contribution in [0.25, 0.3) is 0 Å². The van der Waals surface area contributed by atoms with Crippen LogP contribution in [0.1, 0.15) is 58.2 Å². The molecule has 2 rings (SSSR count). The number of halogens is 1. The van der Waals surface area contributed by atoms with Gasteiger partial charge in [-0.15, -0.1) is 0 Å². The molecule has 1 unspecified atom stereocenters. The average Bonchev–Trinajstić information content (AvgIpc) is 2.39. The van der Waals surface area contributed by atoms with Crippen LogP contribution in [-0.4, -0.2) is 22.6 Å². The molecule has 1 aromatic rings. The molecule has 0 N–H and O–H groups in total. The summed E-state index contributed by atoms with van der Waals surface area (Å²) in [5.74, 6) is 1.91. The first kappa shape index (κ1) is 14.6. The summed E-state index contributed by atoms with van der Waals surface area (Å²) in [6.45, 7) is 5.50. The Hall–Kier alpha value is -0.830. The molecule has 1 aromatic heterocycles. The maximum Gasteiger partial charge on any atom is 0.134 e. The number of aryl methyl sites for hydroxylation is 1. The van der Waals surface area contributed by atoms with Crippen molar-refractivity contribution in [3.63, 3.8) is 0 Å². The van der Waals surface area contributed by atoms with Crippen molar-refractivity contribution in [3.8, 4) is 0 Å². The Morgan fingerprint density at radius 3 is 2.84 bits per heavy atom. The Kier molecular flexibility index (Phi) is 5.44. The fourth-order valence-corrected chi connectivity index (χ4v) is 3.06. The van der Waals surface area contributed by atoms with Crippen molar-refractivity contribution in [2.45, 2.75) is 64.8 Å². The molecule has 0 aromatic carbocycles. The van der Waals surface area contributed by atoms with Gasteiger partial charge in [-0.3, -0.25) is 0 Å². The third-order valence-corrected chi connectivity index (χ3v) is 3.94. The summed E-state index contributed by atoms with van der Waals surface area (Å²) in [6, 6.07) is 2.55. The highest BCUT2D eigenvalue weighted by Gasteiger charge is 2.23. The van der Waals surface area contributed by atoms with Crippen LogP contribution < -0.4 is 4.90 Å². The van der Waals surface area contributed by atoms with Crippen LogP contribution in [0.5, 0.6) is 0 Å². The number of nitrogens with zero attached hydrogens (tertiary/aromatic N) is 3. The number of hydrogen-bond acceptors (Lipinski definition) is 3. The second-order valence-electron chi connectivity index (χ2n) is 5.35. The lowest BCUT2D eigenvalue weighted by atomic mass is 9.98. The number of rotatable bonds is 5. The molecule has 0 aliphatic carbocycles. The van der Waals surface area contributed by atoms with Crippen LogP contribution in [0.15, 0.2) is 6.07 Å². The van der Waals surface area contributed by atoms with E-state index >= 15 is 0 Å². The third kappa shape index (κ3) is 3.82. The van der Waals surface area contributed by atoms with Crippen LogP contribution in [0.3, 0.4) is 0 Å². The molecule has 19 heavy (non-hydrogen) atoms. The van der Waals surface area contributed by atoms with Crippen LogP contribution >= 0.6 is 11.6 Å². The normalized spacial score (nSPS) is 19.7. The lowest BCUT2D eigenvalue weighted by molar-refractivity contribution is 0.431. The van der Waals surface area contributed by atoms with Crippen molar-refractivity contribution < 1.29 is 0 Å². The van der Waals surface area contributed by atoms with Crippen molar-refractivity contribution >= 4 is 17.4 Å². The largest absolute Gasteiger partial charge is 0.353 e. The van der Waals surface area contributed by atoms with E-state index in [9.17, 15) is 0 Å². The van der Waals surface area contributed by atoms with Gasteiger partial charge in [-0.2, -0.15) is 0 Å². The van der Waals surface area contributed by atoms with Gasteiger partial charge >= 0.3 is 0 Å². The first-order chi connectivity index (χ1) is 9.24. The molecule has 0 saturated carbocycles. The maximum atomic E-state index is 6.15. The second-order valence-corrected chi connectivity index (χ2v) is 5.73. The number of aromatic nitrogens is 2. The Morgan fingerprint density at radius 2 is 2.11 bits per heavy atom. The minimum absolute atomic E-state index is 0.578. The molecular formula is C15H24ClN3. The highest BCUT2D eigenvalue weighted by atomic mass is 35.5. The van der Waals surface area contributed by atoms with E-state index in [1.54, 1.807) is 0 Å². The predicted octanol–water partition coefficient (Wildman–Crippen LogP) is 4.24. The van der Waals surface area contributed by atoms with Gasteiger partial charge in [-0.05, 0) is 32.1 Å². The predicted molar refractivity (Wildman–Crippen MR) is 80.9 cm³/mol. The molecule has 1 aliphatic rings. The fraction of sp³-hybridized carbons (Fsp3) is 0.733. The fourth-order valence-electron chi connectivity index (χ4n) is 2.87.